The average Bonchev–Trinajstić information content (AvgIpc) is 1.98. The molecule has 0 spiro atoms. The molecule has 0 saturated carbocycles. The van der Waals surface area contributed by atoms with E-state index >= 15 is 0 Å². The Bertz CT molecular complexity index is 158. The van der Waals surface area contributed by atoms with Gasteiger partial charge in [-0.25, -0.2) is 19.4 Å². The molecule has 0 amide bonds. The standard InChI is InChI=1S/C6H12N2O4/c1-3(7)5(9)11-12-6(10)4(2)8/h3-4H,7-8H2,1-2H3/t3-,4-/m0/s1. The molecule has 0 fully saturated rings. The van der Waals surface area contributed by atoms with E-state index in [0.717, 1.165) is 0 Å². The van der Waals surface area contributed by atoms with Gasteiger partial charge in [0.05, 0.1) is 0 Å². The van der Waals surface area contributed by atoms with Crippen LogP contribution in [0.2, 0.25) is 0 Å². The van der Waals surface area contributed by atoms with Gasteiger partial charge in [0.25, 0.3) is 0 Å². The number of hydrogen-bond acceptors (Lipinski definition) is 6. The summed E-state index contributed by atoms with van der Waals surface area (Å²) in [7, 11) is 0. The van der Waals surface area contributed by atoms with E-state index < -0.39 is 24.0 Å². The first kappa shape index (κ1) is 10.9. The van der Waals surface area contributed by atoms with Gasteiger partial charge in [-0.2, -0.15) is 0 Å². The molecule has 4 N–H and O–H groups in total. The van der Waals surface area contributed by atoms with Crippen LogP contribution in [0, 0.1) is 0 Å². The summed E-state index contributed by atoms with van der Waals surface area (Å²) in [5, 5.41) is 0. The lowest BCUT2D eigenvalue weighted by atomic mass is 10.4. The molecular formula is C6H12N2O4. The van der Waals surface area contributed by atoms with Crippen LogP contribution in [-0.2, 0) is 19.4 Å². The molecule has 0 aliphatic rings. The Hall–Kier alpha value is -1.14. The molecule has 0 saturated heterocycles. The summed E-state index contributed by atoms with van der Waals surface area (Å²) in [5.41, 5.74) is 10.2. The number of carbonyl (C=O) groups excluding carboxylic acids is 2. The number of nitrogens with two attached hydrogens (primary N) is 2. The lowest BCUT2D eigenvalue weighted by Crippen LogP contribution is -2.33. The minimum Gasteiger partial charge on any atom is -0.319 e. The Labute approximate surface area is 69.7 Å². The summed E-state index contributed by atoms with van der Waals surface area (Å²) < 4.78 is 0. The molecule has 0 heterocycles. The third kappa shape index (κ3) is 3.89. The maximum atomic E-state index is 10.6. The van der Waals surface area contributed by atoms with Crippen LogP contribution in [-0.4, -0.2) is 24.0 Å². The molecule has 0 aromatic rings. The van der Waals surface area contributed by atoms with Crippen LogP contribution in [0.1, 0.15) is 13.8 Å². The number of hydrogen-bond donors (Lipinski definition) is 2. The van der Waals surface area contributed by atoms with Gasteiger partial charge >= 0.3 is 11.9 Å². The van der Waals surface area contributed by atoms with Crippen LogP contribution >= 0.6 is 0 Å². The van der Waals surface area contributed by atoms with Crippen molar-refractivity contribution in [3.63, 3.8) is 0 Å². The zero-order valence-corrected chi connectivity index (χ0v) is 6.94. The van der Waals surface area contributed by atoms with Crippen molar-refractivity contribution in [2.24, 2.45) is 11.5 Å². The fourth-order valence-electron chi connectivity index (χ4n) is 0.234. The van der Waals surface area contributed by atoms with E-state index in [1.807, 2.05) is 0 Å². The molecule has 6 nitrogen and oxygen atoms in total. The Balaban J connectivity index is 3.69. The Morgan fingerprint density at radius 2 is 1.25 bits per heavy atom. The van der Waals surface area contributed by atoms with Crippen molar-refractivity contribution >= 4 is 11.9 Å². The second-order valence-corrected chi connectivity index (χ2v) is 2.38. The average molecular weight is 176 g/mol. The zero-order valence-electron chi connectivity index (χ0n) is 6.94. The summed E-state index contributed by atoms with van der Waals surface area (Å²) in [5.74, 6) is -1.63. The van der Waals surface area contributed by atoms with Crippen molar-refractivity contribution in [3.05, 3.63) is 0 Å². The predicted molar refractivity (Wildman–Crippen MR) is 39.5 cm³/mol. The van der Waals surface area contributed by atoms with Crippen molar-refractivity contribution in [3.8, 4) is 0 Å². The van der Waals surface area contributed by atoms with E-state index in [4.69, 9.17) is 11.5 Å². The molecule has 0 aliphatic heterocycles. The Morgan fingerprint density at radius 1 is 1.00 bits per heavy atom. The van der Waals surface area contributed by atoms with Gasteiger partial charge in [0, 0.05) is 0 Å². The minimum absolute atomic E-state index is 0.816. The Morgan fingerprint density at radius 3 is 1.42 bits per heavy atom. The van der Waals surface area contributed by atoms with E-state index in [9.17, 15) is 9.59 Å². The maximum absolute atomic E-state index is 10.6. The summed E-state index contributed by atoms with van der Waals surface area (Å²) in [4.78, 5) is 29.3. The van der Waals surface area contributed by atoms with E-state index in [2.05, 4.69) is 9.78 Å². The quantitative estimate of drug-likeness (QED) is 0.399. The number of carbonyl (C=O) groups is 2. The molecule has 70 valence electrons. The van der Waals surface area contributed by atoms with Gasteiger partial charge in [0.2, 0.25) is 0 Å². The van der Waals surface area contributed by atoms with Gasteiger partial charge in [-0.15, -0.1) is 0 Å². The largest absolute Gasteiger partial charge is 0.371 e. The van der Waals surface area contributed by atoms with Crippen molar-refractivity contribution in [2.45, 2.75) is 25.9 Å². The van der Waals surface area contributed by atoms with Gasteiger partial charge in [0.1, 0.15) is 12.1 Å². The molecule has 12 heavy (non-hydrogen) atoms. The molecule has 0 radical (unpaired) electrons. The molecule has 0 bridgehead atoms. The highest BCUT2D eigenvalue weighted by Crippen LogP contribution is 1.89. The van der Waals surface area contributed by atoms with Gasteiger partial charge in [-0.1, -0.05) is 0 Å². The molecule has 2 atom stereocenters. The highest BCUT2D eigenvalue weighted by atomic mass is 17.2. The van der Waals surface area contributed by atoms with Crippen LogP contribution < -0.4 is 11.5 Å². The lowest BCUT2D eigenvalue weighted by Gasteiger charge is -2.06. The molecule has 0 aromatic heterocycles. The molecule has 0 aliphatic carbocycles. The predicted octanol–water partition coefficient (Wildman–Crippen LogP) is -1.32. The van der Waals surface area contributed by atoms with Crippen molar-refractivity contribution in [1.29, 1.82) is 0 Å². The second kappa shape index (κ2) is 4.68. The first-order chi connectivity index (χ1) is 5.45. The van der Waals surface area contributed by atoms with Gasteiger partial charge in [0.15, 0.2) is 0 Å². The minimum atomic E-state index is -0.828. The van der Waals surface area contributed by atoms with Crippen LogP contribution in [0.5, 0.6) is 0 Å². The lowest BCUT2D eigenvalue weighted by molar-refractivity contribution is -0.260. The monoisotopic (exact) mass is 176 g/mol. The van der Waals surface area contributed by atoms with Gasteiger partial charge < -0.3 is 11.5 Å². The summed E-state index contributed by atoms with van der Waals surface area (Å²) in [6, 6.07) is -1.66. The smallest absolute Gasteiger partial charge is 0.319 e. The highest BCUT2D eigenvalue weighted by Gasteiger charge is 2.15. The molecule has 0 aromatic carbocycles. The summed E-state index contributed by atoms with van der Waals surface area (Å²) in [6.07, 6.45) is 0. The molecule has 6 heteroatoms. The third-order valence-electron chi connectivity index (χ3n) is 0.950. The normalized spacial score (nSPS) is 14.7. The second-order valence-electron chi connectivity index (χ2n) is 2.38. The van der Waals surface area contributed by atoms with E-state index in [-0.39, 0.29) is 0 Å². The van der Waals surface area contributed by atoms with Crippen molar-refractivity contribution in [1.82, 2.24) is 0 Å². The van der Waals surface area contributed by atoms with Crippen molar-refractivity contribution < 1.29 is 19.4 Å². The first-order valence-electron chi connectivity index (χ1n) is 3.38. The first-order valence-corrected chi connectivity index (χ1v) is 3.38. The van der Waals surface area contributed by atoms with Crippen LogP contribution in [0.4, 0.5) is 0 Å². The summed E-state index contributed by atoms with van der Waals surface area (Å²) in [6.45, 7) is 2.81. The third-order valence-corrected chi connectivity index (χ3v) is 0.950. The summed E-state index contributed by atoms with van der Waals surface area (Å²) >= 11 is 0. The van der Waals surface area contributed by atoms with E-state index in [1.165, 1.54) is 13.8 Å². The zero-order chi connectivity index (χ0) is 9.72. The van der Waals surface area contributed by atoms with E-state index in [1.54, 1.807) is 0 Å². The number of rotatable bonds is 2. The maximum Gasteiger partial charge on any atom is 0.371 e. The molecular weight excluding hydrogens is 164 g/mol. The molecule has 0 unspecified atom stereocenters. The van der Waals surface area contributed by atoms with E-state index in [0.29, 0.717) is 0 Å². The fourth-order valence-corrected chi connectivity index (χ4v) is 0.234. The van der Waals surface area contributed by atoms with Crippen LogP contribution in [0.25, 0.3) is 0 Å². The van der Waals surface area contributed by atoms with Crippen LogP contribution in [0.3, 0.4) is 0 Å². The van der Waals surface area contributed by atoms with Gasteiger partial charge in [-0.3, -0.25) is 0 Å². The fraction of sp³-hybridized carbons (Fsp3) is 0.667. The molecule has 0 rings (SSSR count). The SMILES string of the molecule is C[C@H](N)C(=O)OOC(=O)[C@H](C)N. The van der Waals surface area contributed by atoms with Gasteiger partial charge in [-0.05, 0) is 13.8 Å². The topological polar surface area (TPSA) is 105 Å². The highest BCUT2D eigenvalue weighted by molar-refractivity contribution is 5.78. The van der Waals surface area contributed by atoms with Crippen LogP contribution in [0.15, 0.2) is 0 Å². The van der Waals surface area contributed by atoms with Crippen molar-refractivity contribution in [2.75, 3.05) is 0 Å². The Kier molecular flexibility index (Phi) is 4.24.